The van der Waals surface area contributed by atoms with Crippen molar-refractivity contribution in [1.82, 2.24) is 9.78 Å². The predicted octanol–water partition coefficient (Wildman–Crippen LogP) is 1.23. The highest BCUT2D eigenvalue weighted by Crippen LogP contribution is 2.27. The van der Waals surface area contributed by atoms with Gasteiger partial charge in [0, 0.05) is 25.2 Å². The molecule has 0 saturated carbocycles. The first-order valence-corrected chi connectivity index (χ1v) is 6.70. The molecule has 0 amide bonds. The van der Waals surface area contributed by atoms with E-state index in [0.717, 1.165) is 25.1 Å². The third kappa shape index (κ3) is 2.37. The lowest BCUT2D eigenvalue weighted by Crippen LogP contribution is -2.46. The Bertz CT molecular complexity index is 487. The van der Waals surface area contributed by atoms with Crippen molar-refractivity contribution in [3.8, 4) is 0 Å². The minimum Gasteiger partial charge on any atom is -0.366 e. The average molecular weight is 271 g/mol. The summed E-state index contributed by atoms with van der Waals surface area (Å²) in [4.78, 5) is 14.1. The van der Waals surface area contributed by atoms with E-state index in [-0.39, 0.29) is 22.7 Å². The molecule has 0 radical (unpaired) electrons. The van der Waals surface area contributed by atoms with E-state index in [1.165, 1.54) is 4.68 Å². The summed E-state index contributed by atoms with van der Waals surface area (Å²) in [5.41, 5.74) is 6.44. The van der Waals surface area contributed by atoms with Crippen molar-refractivity contribution in [3.63, 3.8) is 0 Å². The van der Waals surface area contributed by atoms with Crippen LogP contribution in [0.5, 0.6) is 0 Å². The van der Waals surface area contributed by atoms with Crippen molar-refractivity contribution >= 4 is 17.3 Å². The lowest BCUT2D eigenvalue weighted by Gasteiger charge is -2.38. The Labute approximate surface area is 112 Å². The Morgan fingerprint density at radius 3 is 2.94 bits per heavy atom. The summed E-state index contributed by atoms with van der Waals surface area (Å²) in [6, 6.07) is 0.518. The maximum atomic E-state index is 12.0. The van der Waals surface area contributed by atoms with Gasteiger partial charge in [-0.25, -0.2) is 4.68 Å². The molecule has 5 nitrogen and oxygen atoms in total. The number of anilines is 1. The lowest BCUT2D eigenvalue weighted by molar-refractivity contribution is 0.428. The second-order valence-electron chi connectivity index (χ2n) is 4.79. The van der Waals surface area contributed by atoms with Gasteiger partial charge in [0.05, 0.1) is 11.9 Å². The van der Waals surface area contributed by atoms with E-state index in [0.29, 0.717) is 6.54 Å². The molecule has 2 N–H and O–H groups in total. The second-order valence-corrected chi connectivity index (χ2v) is 5.17. The Morgan fingerprint density at radius 2 is 2.33 bits per heavy atom. The maximum absolute atomic E-state index is 12.0. The SMILES string of the molecule is CCn1ncc(N2CCC(N)CC2C)c(Cl)c1=O. The first kappa shape index (κ1) is 13.4. The summed E-state index contributed by atoms with van der Waals surface area (Å²) < 4.78 is 1.37. The minimum absolute atomic E-state index is 0.223. The Balaban J connectivity index is 2.34. The van der Waals surface area contributed by atoms with E-state index in [2.05, 4.69) is 16.9 Å². The predicted molar refractivity (Wildman–Crippen MR) is 73.2 cm³/mol. The van der Waals surface area contributed by atoms with Crippen LogP contribution in [-0.2, 0) is 6.54 Å². The number of hydrogen-bond donors (Lipinski definition) is 1. The van der Waals surface area contributed by atoms with Gasteiger partial charge < -0.3 is 10.6 Å². The van der Waals surface area contributed by atoms with Gasteiger partial charge in [-0.2, -0.15) is 5.10 Å². The van der Waals surface area contributed by atoms with Crippen LogP contribution < -0.4 is 16.2 Å². The van der Waals surface area contributed by atoms with E-state index < -0.39 is 0 Å². The van der Waals surface area contributed by atoms with E-state index in [9.17, 15) is 4.79 Å². The number of aryl methyl sites for hydroxylation is 1. The molecule has 2 heterocycles. The van der Waals surface area contributed by atoms with Crippen molar-refractivity contribution < 1.29 is 0 Å². The largest absolute Gasteiger partial charge is 0.366 e. The van der Waals surface area contributed by atoms with Gasteiger partial charge in [-0.05, 0) is 26.7 Å². The van der Waals surface area contributed by atoms with Gasteiger partial charge >= 0.3 is 0 Å². The molecule has 0 aromatic carbocycles. The maximum Gasteiger partial charge on any atom is 0.287 e. The molecular formula is C12H19ClN4O. The summed E-state index contributed by atoms with van der Waals surface area (Å²) in [5, 5.41) is 4.39. The summed E-state index contributed by atoms with van der Waals surface area (Å²) in [5.74, 6) is 0. The topological polar surface area (TPSA) is 64.2 Å². The van der Waals surface area contributed by atoms with E-state index in [1.807, 2.05) is 6.92 Å². The van der Waals surface area contributed by atoms with Crippen molar-refractivity contribution in [1.29, 1.82) is 0 Å². The Hall–Kier alpha value is -1.07. The van der Waals surface area contributed by atoms with Gasteiger partial charge in [0.15, 0.2) is 0 Å². The standard InChI is InChI=1S/C12H19ClN4O/c1-3-17-12(18)11(13)10(7-15-17)16-5-4-9(14)6-8(16)2/h7-9H,3-6,14H2,1-2H3. The number of nitrogens with two attached hydrogens (primary N) is 1. The zero-order valence-electron chi connectivity index (χ0n) is 10.8. The molecule has 1 aromatic heterocycles. The highest BCUT2D eigenvalue weighted by Gasteiger charge is 2.26. The third-order valence-electron chi connectivity index (χ3n) is 3.49. The van der Waals surface area contributed by atoms with Gasteiger partial charge in [-0.3, -0.25) is 4.79 Å². The van der Waals surface area contributed by atoms with Crippen LogP contribution in [0.2, 0.25) is 5.02 Å². The van der Waals surface area contributed by atoms with Gasteiger partial charge in [0.25, 0.3) is 5.56 Å². The zero-order valence-corrected chi connectivity index (χ0v) is 11.5. The highest BCUT2D eigenvalue weighted by atomic mass is 35.5. The van der Waals surface area contributed by atoms with E-state index in [4.69, 9.17) is 17.3 Å². The Morgan fingerprint density at radius 1 is 1.61 bits per heavy atom. The molecule has 0 bridgehead atoms. The second kappa shape index (κ2) is 5.28. The number of piperidine rings is 1. The number of hydrogen-bond acceptors (Lipinski definition) is 4. The van der Waals surface area contributed by atoms with E-state index in [1.54, 1.807) is 6.20 Å². The molecule has 1 saturated heterocycles. The minimum atomic E-state index is -0.223. The van der Waals surface area contributed by atoms with E-state index >= 15 is 0 Å². The van der Waals surface area contributed by atoms with Crippen LogP contribution in [0.25, 0.3) is 0 Å². The molecule has 1 aliphatic heterocycles. The molecule has 2 unspecified atom stereocenters. The molecule has 1 aromatic rings. The van der Waals surface area contributed by atoms with Crippen LogP contribution in [0.1, 0.15) is 26.7 Å². The van der Waals surface area contributed by atoms with Gasteiger partial charge in [-0.1, -0.05) is 11.6 Å². The molecule has 100 valence electrons. The van der Waals surface area contributed by atoms with Crippen LogP contribution in [0.15, 0.2) is 11.0 Å². The zero-order chi connectivity index (χ0) is 13.3. The lowest BCUT2D eigenvalue weighted by atomic mass is 9.99. The van der Waals surface area contributed by atoms with Crippen LogP contribution in [0.3, 0.4) is 0 Å². The number of halogens is 1. The van der Waals surface area contributed by atoms with Gasteiger partial charge in [0.1, 0.15) is 5.02 Å². The smallest absolute Gasteiger partial charge is 0.287 e. The molecule has 1 aliphatic rings. The molecule has 1 fully saturated rings. The number of nitrogens with zero attached hydrogens (tertiary/aromatic N) is 3. The first-order valence-electron chi connectivity index (χ1n) is 6.32. The fourth-order valence-electron chi connectivity index (χ4n) is 2.45. The molecule has 2 rings (SSSR count). The molecule has 0 aliphatic carbocycles. The van der Waals surface area contributed by atoms with Crippen molar-refractivity contribution in [3.05, 3.63) is 21.6 Å². The number of aromatic nitrogens is 2. The van der Waals surface area contributed by atoms with Gasteiger partial charge in [-0.15, -0.1) is 0 Å². The Kier molecular flexibility index (Phi) is 3.92. The van der Waals surface area contributed by atoms with Crippen LogP contribution >= 0.6 is 11.6 Å². The monoisotopic (exact) mass is 270 g/mol. The quantitative estimate of drug-likeness (QED) is 0.878. The first-order chi connectivity index (χ1) is 8.54. The summed E-state index contributed by atoms with van der Waals surface area (Å²) in [6.07, 6.45) is 3.51. The summed E-state index contributed by atoms with van der Waals surface area (Å²) in [6.45, 7) is 5.31. The van der Waals surface area contributed by atoms with Crippen molar-refractivity contribution in [2.75, 3.05) is 11.4 Å². The fourth-order valence-corrected chi connectivity index (χ4v) is 2.70. The summed E-state index contributed by atoms with van der Waals surface area (Å²) in [7, 11) is 0. The van der Waals surface area contributed by atoms with Gasteiger partial charge in [0.2, 0.25) is 0 Å². The van der Waals surface area contributed by atoms with Crippen molar-refractivity contribution in [2.24, 2.45) is 5.73 Å². The van der Waals surface area contributed by atoms with Crippen LogP contribution in [0.4, 0.5) is 5.69 Å². The molecule has 2 atom stereocenters. The van der Waals surface area contributed by atoms with Crippen LogP contribution in [0, 0.1) is 0 Å². The summed E-state index contributed by atoms with van der Waals surface area (Å²) >= 11 is 6.17. The fraction of sp³-hybridized carbons (Fsp3) is 0.667. The normalized spacial score (nSPS) is 24.3. The molecule has 6 heteroatoms. The third-order valence-corrected chi connectivity index (χ3v) is 3.85. The molecule has 18 heavy (non-hydrogen) atoms. The highest BCUT2D eigenvalue weighted by molar-refractivity contribution is 6.33. The molecule has 0 spiro atoms. The van der Waals surface area contributed by atoms with Crippen LogP contribution in [-0.4, -0.2) is 28.4 Å². The average Bonchev–Trinajstić information content (AvgIpc) is 2.34. The number of rotatable bonds is 2. The van der Waals surface area contributed by atoms with Crippen molar-refractivity contribution in [2.45, 2.75) is 45.3 Å². The molecular weight excluding hydrogens is 252 g/mol.